The lowest BCUT2D eigenvalue weighted by Crippen LogP contribution is -1.97. The van der Waals surface area contributed by atoms with Crippen molar-refractivity contribution in [2.75, 3.05) is 0 Å². The molecule has 2 heterocycles. The molecule has 2 aromatic heterocycles. The molecular weight excluding hydrogens is 285 g/mol. The molecule has 0 saturated heterocycles. The number of Topliss-reactive ketones (excluding diaryl/α,β-unsaturated/α-hetero) is 1. The van der Waals surface area contributed by atoms with E-state index in [-0.39, 0.29) is 23.5 Å². The molecule has 3 rings (SSSR count). The van der Waals surface area contributed by atoms with Crippen LogP contribution in [0.2, 0.25) is 0 Å². The first kappa shape index (κ1) is 14.2. The van der Waals surface area contributed by atoms with Gasteiger partial charge in [0.05, 0.1) is 0 Å². The van der Waals surface area contributed by atoms with Crippen LogP contribution in [0.5, 0.6) is 5.75 Å². The second kappa shape index (κ2) is 5.22. The lowest BCUT2D eigenvalue weighted by molar-refractivity contribution is -0.116. The maximum atomic E-state index is 14.1. The largest absolute Gasteiger partial charge is 0.508 e. The predicted octanol–water partition coefficient (Wildman–Crippen LogP) is 2.61. The summed E-state index contributed by atoms with van der Waals surface area (Å²) in [4.78, 5) is 15.6. The molecule has 1 aromatic carbocycles. The van der Waals surface area contributed by atoms with Crippen molar-refractivity contribution in [3.05, 3.63) is 41.8 Å². The number of aryl methyl sites for hydroxylation is 1. The van der Waals surface area contributed by atoms with Gasteiger partial charge in [0.25, 0.3) is 0 Å². The molecule has 112 valence electrons. The van der Waals surface area contributed by atoms with Crippen molar-refractivity contribution in [1.29, 1.82) is 0 Å². The minimum absolute atomic E-state index is 0.0233. The number of hydrogen-bond acceptors (Lipinski definition) is 4. The number of hydrogen-bond donors (Lipinski definition) is 1. The molecule has 0 spiro atoms. The highest BCUT2D eigenvalue weighted by Gasteiger charge is 2.16. The van der Waals surface area contributed by atoms with E-state index in [9.17, 15) is 14.3 Å². The van der Waals surface area contributed by atoms with Gasteiger partial charge in [-0.05, 0) is 36.8 Å². The summed E-state index contributed by atoms with van der Waals surface area (Å²) in [5.41, 5.74) is 1.93. The molecule has 0 fully saturated rings. The van der Waals surface area contributed by atoms with Crippen LogP contribution in [-0.2, 0) is 18.3 Å². The fourth-order valence-corrected chi connectivity index (χ4v) is 2.46. The van der Waals surface area contributed by atoms with Crippen molar-refractivity contribution in [3.63, 3.8) is 0 Å². The van der Waals surface area contributed by atoms with E-state index in [2.05, 4.69) is 10.1 Å². The third-order valence-corrected chi connectivity index (χ3v) is 3.39. The van der Waals surface area contributed by atoms with Crippen LogP contribution < -0.4 is 0 Å². The fourth-order valence-electron chi connectivity index (χ4n) is 2.46. The number of nitrogens with zero attached hydrogens (tertiary/aromatic N) is 3. The summed E-state index contributed by atoms with van der Waals surface area (Å²) in [6.45, 7) is 1.50. The third-order valence-electron chi connectivity index (χ3n) is 3.39. The molecule has 0 aliphatic heterocycles. The first-order valence-electron chi connectivity index (χ1n) is 6.75. The second-order valence-electron chi connectivity index (χ2n) is 5.23. The summed E-state index contributed by atoms with van der Waals surface area (Å²) < 4.78 is 15.6. The minimum atomic E-state index is -0.477. The molecule has 0 unspecified atom stereocenters. The number of halogens is 1. The highest BCUT2D eigenvalue weighted by atomic mass is 19.1. The molecule has 0 amide bonds. The van der Waals surface area contributed by atoms with E-state index in [0.717, 1.165) is 5.56 Å². The topological polar surface area (TPSA) is 68.0 Å². The van der Waals surface area contributed by atoms with Gasteiger partial charge in [-0.3, -0.25) is 4.79 Å². The standard InChI is InChI=1S/C16H14FN3O2/c1-9(21)5-10-6-13-15(19-20(2)16(13)18-8-10)12-7-11(22)3-4-14(12)17/h3-4,6-8,22H,5H2,1-2H3. The Kier molecular flexibility index (Phi) is 3.36. The number of ketones is 1. The zero-order valence-electron chi connectivity index (χ0n) is 12.2. The van der Waals surface area contributed by atoms with Gasteiger partial charge in [-0.15, -0.1) is 0 Å². The van der Waals surface area contributed by atoms with Gasteiger partial charge in [-0.25, -0.2) is 14.1 Å². The Morgan fingerprint density at radius 3 is 2.86 bits per heavy atom. The average molecular weight is 299 g/mol. The van der Waals surface area contributed by atoms with Crippen LogP contribution >= 0.6 is 0 Å². The van der Waals surface area contributed by atoms with E-state index in [4.69, 9.17) is 0 Å². The van der Waals surface area contributed by atoms with Crippen LogP contribution in [0.1, 0.15) is 12.5 Å². The van der Waals surface area contributed by atoms with Crippen LogP contribution in [0.4, 0.5) is 4.39 Å². The number of phenols is 1. The van der Waals surface area contributed by atoms with E-state index < -0.39 is 5.82 Å². The first-order chi connectivity index (χ1) is 10.5. The van der Waals surface area contributed by atoms with E-state index in [0.29, 0.717) is 16.7 Å². The number of carbonyl (C=O) groups is 1. The molecule has 3 aromatic rings. The number of phenolic OH excluding ortho intramolecular Hbond substituents is 1. The van der Waals surface area contributed by atoms with E-state index in [1.54, 1.807) is 24.0 Å². The zero-order valence-corrected chi connectivity index (χ0v) is 12.2. The zero-order chi connectivity index (χ0) is 15.9. The van der Waals surface area contributed by atoms with Crippen molar-refractivity contribution in [2.45, 2.75) is 13.3 Å². The number of rotatable bonds is 3. The summed E-state index contributed by atoms with van der Waals surface area (Å²) in [6, 6.07) is 5.59. The number of pyridine rings is 1. The molecule has 6 heteroatoms. The van der Waals surface area contributed by atoms with E-state index in [1.165, 1.54) is 25.1 Å². The predicted molar refractivity (Wildman–Crippen MR) is 80.0 cm³/mol. The number of fused-ring (bicyclic) bond motifs is 1. The van der Waals surface area contributed by atoms with Gasteiger partial charge >= 0.3 is 0 Å². The molecule has 0 radical (unpaired) electrons. The van der Waals surface area contributed by atoms with Crippen molar-refractivity contribution in [1.82, 2.24) is 14.8 Å². The lowest BCUT2D eigenvalue weighted by Gasteiger charge is -2.02. The molecule has 5 nitrogen and oxygen atoms in total. The molecule has 0 saturated carbocycles. The minimum Gasteiger partial charge on any atom is -0.508 e. The Hall–Kier alpha value is -2.76. The molecule has 0 aliphatic carbocycles. The Morgan fingerprint density at radius 1 is 1.36 bits per heavy atom. The Morgan fingerprint density at radius 2 is 2.14 bits per heavy atom. The van der Waals surface area contributed by atoms with Crippen molar-refractivity contribution in [3.8, 4) is 17.0 Å². The number of carbonyl (C=O) groups excluding carboxylic acids is 1. The molecule has 1 N–H and O–H groups in total. The Labute approximate surface area is 126 Å². The van der Waals surface area contributed by atoms with Crippen LogP contribution in [0.25, 0.3) is 22.3 Å². The molecular formula is C16H14FN3O2. The monoisotopic (exact) mass is 299 g/mol. The third kappa shape index (κ3) is 2.43. The first-order valence-corrected chi connectivity index (χ1v) is 6.75. The van der Waals surface area contributed by atoms with Crippen LogP contribution in [0.3, 0.4) is 0 Å². The van der Waals surface area contributed by atoms with Gasteiger partial charge in [0.15, 0.2) is 5.65 Å². The Bertz CT molecular complexity index is 886. The quantitative estimate of drug-likeness (QED) is 0.807. The van der Waals surface area contributed by atoms with Crippen molar-refractivity contribution >= 4 is 16.8 Å². The molecule has 0 atom stereocenters. The average Bonchev–Trinajstić information content (AvgIpc) is 2.77. The Balaban J connectivity index is 2.24. The molecule has 0 bridgehead atoms. The summed E-state index contributed by atoms with van der Waals surface area (Å²) in [6.07, 6.45) is 1.88. The van der Waals surface area contributed by atoms with Gasteiger partial charge in [0.2, 0.25) is 0 Å². The fraction of sp³-hybridized carbons (Fsp3) is 0.188. The van der Waals surface area contributed by atoms with Gasteiger partial charge in [-0.2, -0.15) is 5.10 Å². The van der Waals surface area contributed by atoms with Gasteiger partial charge in [-0.1, -0.05) is 0 Å². The van der Waals surface area contributed by atoms with Crippen LogP contribution in [0.15, 0.2) is 30.5 Å². The van der Waals surface area contributed by atoms with E-state index in [1.807, 2.05) is 0 Å². The summed E-state index contributed by atoms with van der Waals surface area (Å²) in [7, 11) is 1.71. The van der Waals surface area contributed by atoms with Crippen LogP contribution in [0, 0.1) is 5.82 Å². The highest BCUT2D eigenvalue weighted by molar-refractivity contribution is 5.92. The summed E-state index contributed by atoms with van der Waals surface area (Å²) in [5.74, 6) is -0.493. The van der Waals surface area contributed by atoms with E-state index >= 15 is 0 Å². The van der Waals surface area contributed by atoms with Gasteiger partial charge < -0.3 is 5.11 Å². The SMILES string of the molecule is CC(=O)Cc1cnc2c(c1)c(-c1cc(O)ccc1F)nn2C. The lowest BCUT2D eigenvalue weighted by atomic mass is 10.1. The number of benzene rings is 1. The van der Waals surface area contributed by atoms with Crippen molar-refractivity contribution < 1.29 is 14.3 Å². The summed E-state index contributed by atoms with van der Waals surface area (Å²) >= 11 is 0. The normalized spacial score (nSPS) is 11.0. The van der Waals surface area contributed by atoms with Gasteiger partial charge in [0, 0.05) is 30.6 Å². The summed E-state index contributed by atoms with van der Waals surface area (Å²) in [5, 5.41) is 14.5. The van der Waals surface area contributed by atoms with Gasteiger partial charge in [0.1, 0.15) is 23.0 Å². The smallest absolute Gasteiger partial charge is 0.158 e. The second-order valence-corrected chi connectivity index (χ2v) is 5.23. The molecule has 22 heavy (non-hydrogen) atoms. The van der Waals surface area contributed by atoms with Crippen molar-refractivity contribution in [2.24, 2.45) is 7.05 Å². The maximum Gasteiger partial charge on any atom is 0.158 e. The highest BCUT2D eigenvalue weighted by Crippen LogP contribution is 2.31. The molecule has 0 aliphatic rings. The van der Waals surface area contributed by atoms with Crippen LogP contribution in [-0.4, -0.2) is 25.7 Å². The maximum absolute atomic E-state index is 14.1. The number of aromatic hydroxyl groups is 1. The number of aromatic nitrogens is 3.